The van der Waals surface area contributed by atoms with Crippen LogP contribution in [0, 0.1) is 5.92 Å². The van der Waals surface area contributed by atoms with Crippen molar-refractivity contribution in [3.05, 3.63) is 11.8 Å². The molecule has 0 aliphatic rings. The first kappa shape index (κ1) is 13.2. The van der Waals surface area contributed by atoms with Crippen LogP contribution >= 0.6 is 15.9 Å². The van der Waals surface area contributed by atoms with Gasteiger partial charge in [-0.05, 0) is 12.3 Å². The predicted molar refractivity (Wildman–Crippen MR) is 68.8 cm³/mol. The topological polar surface area (TPSA) is 57.8 Å². The van der Waals surface area contributed by atoms with Crippen LogP contribution in [0.5, 0.6) is 0 Å². The fourth-order valence-electron chi connectivity index (χ4n) is 1.32. The number of halogens is 1. The Balaban J connectivity index is 2.56. The zero-order valence-electron chi connectivity index (χ0n) is 9.88. The molecule has 0 aliphatic carbocycles. The predicted octanol–water partition coefficient (Wildman–Crippen LogP) is 2.72. The van der Waals surface area contributed by atoms with Crippen LogP contribution in [0.25, 0.3) is 0 Å². The second-order valence-corrected chi connectivity index (χ2v) is 5.15. The maximum atomic E-state index is 11.7. The van der Waals surface area contributed by atoms with Crippen LogP contribution in [0.3, 0.4) is 0 Å². The highest BCUT2D eigenvalue weighted by Crippen LogP contribution is 2.15. The molecule has 90 valence electrons. The van der Waals surface area contributed by atoms with Crippen LogP contribution in [0.15, 0.2) is 6.07 Å². The molecule has 1 unspecified atom stereocenters. The lowest BCUT2D eigenvalue weighted by atomic mass is 10.1. The Hall–Kier alpha value is -0.840. The van der Waals surface area contributed by atoms with Crippen LogP contribution in [0.2, 0.25) is 0 Å². The summed E-state index contributed by atoms with van der Waals surface area (Å²) in [6.45, 7) is 6.09. The van der Waals surface area contributed by atoms with Gasteiger partial charge in [0.25, 0.3) is 0 Å². The first-order chi connectivity index (χ1) is 7.54. The minimum absolute atomic E-state index is 0.0513. The molecular weight excluding hydrogens is 270 g/mol. The van der Waals surface area contributed by atoms with Gasteiger partial charge in [-0.15, -0.1) is 0 Å². The Kier molecular flexibility index (Phi) is 4.99. The smallest absolute Gasteiger partial charge is 0.239 e. The van der Waals surface area contributed by atoms with Crippen molar-refractivity contribution >= 4 is 27.7 Å². The molecule has 0 aliphatic heterocycles. The maximum absolute atomic E-state index is 11.7. The number of aromatic amines is 1. The molecule has 0 fully saturated rings. The summed E-state index contributed by atoms with van der Waals surface area (Å²) < 4.78 is 0. The van der Waals surface area contributed by atoms with E-state index in [2.05, 4.69) is 38.4 Å². The third-order valence-corrected chi connectivity index (χ3v) is 3.71. The van der Waals surface area contributed by atoms with Crippen molar-refractivity contribution in [2.75, 3.05) is 5.32 Å². The Morgan fingerprint density at radius 1 is 1.62 bits per heavy atom. The maximum Gasteiger partial charge on any atom is 0.239 e. The summed E-state index contributed by atoms with van der Waals surface area (Å²) in [5.74, 6) is 0.803. The first-order valence-corrected chi connectivity index (χ1v) is 6.45. The zero-order chi connectivity index (χ0) is 12.1. The van der Waals surface area contributed by atoms with Crippen LogP contribution in [-0.4, -0.2) is 20.9 Å². The van der Waals surface area contributed by atoms with E-state index < -0.39 is 0 Å². The number of amides is 1. The molecule has 1 aromatic rings. The minimum Gasteiger partial charge on any atom is -0.308 e. The third-order valence-electron chi connectivity index (χ3n) is 2.24. The van der Waals surface area contributed by atoms with Crippen LogP contribution in [0.4, 0.5) is 5.82 Å². The van der Waals surface area contributed by atoms with Crippen molar-refractivity contribution < 1.29 is 4.79 Å². The molecule has 1 rings (SSSR count). The molecule has 16 heavy (non-hydrogen) atoms. The lowest BCUT2D eigenvalue weighted by molar-refractivity contribution is -0.116. The number of carbonyl (C=O) groups is 1. The van der Waals surface area contributed by atoms with Gasteiger partial charge in [-0.2, -0.15) is 5.10 Å². The molecule has 1 atom stereocenters. The Morgan fingerprint density at radius 2 is 2.31 bits per heavy atom. The minimum atomic E-state index is -0.182. The molecule has 0 saturated carbocycles. The van der Waals surface area contributed by atoms with E-state index in [4.69, 9.17) is 0 Å². The number of aromatic nitrogens is 2. The number of rotatable bonds is 5. The highest BCUT2D eigenvalue weighted by Gasteiger charge is 2.19. The van der Waals surface area contributed by atoms with Crippen LogP contribution in [-0.2, 0) is 11.2 Å². The molecule has 0 radical (unpaired) electrons. The van der Waals surface area contributed by atoms with Gasteiger partial charge in [-0.1, -0.05) is 43.1 Å². The molecule has 0 saturated heterocycles. The van der Waals surface area contributed by atoms with E-state index in [1.54, 1.807) is 0 Å². The summed E-state index contributed by atoms with van der Waals surface area (Å²) in [6.07, 6.45) is 2.01. The van der Waals surface area contributed by atoms with Gasteiger partial charge in [0, 0.05) is 11.8 Å². The van der Waals surface area contributed by atoms with E-state index in [0.29, 0.717) is 5.82 Å². The number of nitrogens with zero attached hydrogens (tertiary/aromatic N) is 1. The molecule has 0 spiro atoms. The van der Waals surface area contributed by atoms with Crippen molar-refractivity contribution in [2.24, 2.45) is 5.92 Å². The zero-order valence-corrected chi connectivity index (χ0v) is 11.5. The highest BCUT2D eigenvalue weighted by molar-refractivity contribution is 9.10. The summed E-state index contributed by atoms with van der Waals surface area (Å²) in [4.78, 5) is 11.5. The van der Waals surface area contributed by atoms with Crippen molar-refractivity contribution in [2.45, 2.75) is 38.4 Å². The average molecular weight is 288 g/mol. The Labute approximate surface area is 104 Å². The van der Waals surface area contributed by atoms with E-state index in [9.17, 15) is 4.79 Å². The molecule has 1 aromatic heterocycles. The van der Waals surface area contributed by atoms with Gasteiger partial charge < -0.3 is 5.32 Å². The molecule has 0 bridgehead atoms. The van der Waals surface area contributed by atoms with E-state index in [1.807, 2.05) is 19.9 Å². The Bertz CT molecular complexity index is 349. The quantitative estimate of drug-likeness (QED) is 0.818. The fraction of sp³-hybridized carbons (Fsp3) is 0.636. The average Bonchev–Trinajstić information content (AvgIpc) is 2.65. The monoisotopic (exact) mass is 287 g/mol. The van der Waals surface area contributed by atoms with E-state index in [-0.39, 0.29) is 16.7 Å². The summed E-state index contributed by atoms with van der Waals surface area (Å²) in [5, 5.41) is 9.71. The van der Waals surface area contributed by atoms with Crippen molar-refractivity contribution in [3.63, 3.8) is 0 Å². The number of hydrogen-bond acceptors (Lipinski definition) is 2. The number of aryl methyl sites for hydroxylation is 1. The normalized spacial score (nSPS) is 12.8. The molecule has 5 heteroatoms. The second-order valence-electron chi connectivity index (χ2n) is 4.16. The number of alkyl halides is 1. The number of anilines is 1. The summed E-state index contributed by atoms with van der Waals surface area (Å²) in [7, 11) is 0. The standard InChI is InChI=1S/C11H18BrN3O/c1-4-5-8-6-9(15-14-8)13-11(16)10(12)7(2)3/h6-7,10H,4-5H2,1-3H3,(H2,13,14,15,16). The van der Waals surface area contributed by atoms with Crippen molar-refractivity contribution in [1.82, 2.24) is 10.2 Å². The van der Waals surface area contributed by atoms with Crippen LogP contribution in [0.1, 0.15) is 32.9 Å². The van der Waals surface area contributed by atoms with Gasteiger partial charge in [-0.25, -0.2) is 0 Å². The second kappa shape index (κ2) is 6.03. The van der Waals surface area contributed by atoms with Crippen LogP contribution < -0.4 is 5.32 Å². The van der Waals surface area contributed by atoms with E-state index >= 15 is 0 Å². The van der Waals surface area contributed by atoms with Gasteiger partial charge in [0.1, 0.15) is 0 Å². The summed E-state index contributed by atoms with van der Waals surface area (Å²) in [6, 6.07) is 1.88. The molecule has 0 aromatic carbocycles. The van der Waals surface area contributed by atoms with E-state index in [0.717, 1.165) is 18.5 Å². The van der Waals surface area contributed by atoms with Gasteiger partial charge >= 0.3 is 0 Å². The third kappa shape index (κ3) is 3.63. The highest BCUT2D eigenvalue weighted by atomic mass is 79.9. The number of nitrogens with one attached hydrogen (secondary N) is 2. The number of hydrogen-bond donors (Lipinski definition) is 2. The van der Waals surface area contributed by atoms with Gasteiger partial charge in [0.05, 0.1) is 4.83 Å². The van der Waals surface area contributed by atoms with E-state index in [1.165, 1.54) is 0 Å². The molecule has 1 heterocycles. The number of carbonyl (C=O) groups excluding carboxylic acids is 1. The molecule has 4 nitrogen and oxygen atoms in total. The van der Waals surface area contributed by atoms with Gasteiger partial charge in [0.2, 0.25) is 5.91 Å². The number of H-pyrrole nitrogens is 1. The fourth-order valence-corrected chi connectivity index (χ4v) is 1.44. The van der Waals surface area contributed by atoms with Crippen molar-refractivity contribution in [3.8, 4) is 0 Å². The van der Waals surface area contributed by atoms with Gasteiger partial charge in [-0.3, -0.25) is 9.89 Å². The van der Waals surface area contributed by atoms with Crippen molar-refractivity contribution in [1.29, 1.82) is 0 Å². The molecular formula is C11H18BrN3O. The summed E-state index contributed by atoms with van der Waals surface area (Å²) in [5.41, 5.74) is 1.05. The summed E-state index contributed by atoms with van der Waals surface area (Å²) >= 11 is 3.35. The van der Waals surface area contributed by atoms with Gasteiger partial charge in [0.15, 0.2) is 5.82 Å². The SMILES string of the molecule is CCCc1cc(NC(=O)C(Br)C(C)C)n[nH]1. The molecule has 2 N–H and O–H groups in total. The largest absolute Gasteiger partial charge is 0.308 e. The lowest BCUT2D eigenvalue weighted by Crippen LogP contribution is -2.27. The molecule has 1 amide bonds. The Morgan fingerprint density at radius 3 is 2.88 bits per heavy atom. The lowest BCUT2D eigenvalue weighted by Gasteiger charge is -2.11. The first-order valence-electron chi connectivity index (χ1n) is 5.53.